The molecule has 1 aromatic carbocycles. The number of aliphatic hydroxyl groups is 3. The van der Waals surface area contributed by atoms with Crippen LogP contribution in [0.4, 0.5) is 0 Å². The van der Waals surface area contributed by atoms with E-state index in [1.54, 1.807) is 13.0 Å². The molecule has 1 aromatic rings. The minimum atomic E-state index is -2.99. The fraction of sp³-hybridized carbons (Fsp3) is 0.548. The van der Waals surface area contributed by atoms with Gasteiger partial charge in [0, 0.05) is 30.6 Å². The summed E-state index contributed by atoms with van der Waals surface area (Å²) in [5, 5.41) is 46.8. The normalized spacial score (nSPS) is 28.9. The van der Waals surface area contributed by atoms with E-state index in [2.05, 4.69) is 0 Å². The summed E-state index contributed by atoms with van der Waals surface area (Å²) in [7, 11) is 4.43. The molecule has 3 aliphatic rings. The molecule has 1 fully saturated rings. The Morgan fingerprint density at radius 2 is 1.74 bits per heavy atom. The van der Waals surface area contributed by atoms with Gasteiger partial charge in [0.2, 0.25) is 5.78 Å². The van der Waals surface area contributed by atoms with Crippen LogP contribution in [0.25, 0.3) is 5.76 Å². The molecular weight excluding hydrogens is 560 g/mol. The number of hydrogen-bond donors (Lipinski definition) is 5. The maximum absolute atomic E-state index is 14.4. The molecule has 6 N–H and O–H groups in total. The predicted molar refractivity (Wildman–Crippen MR) is 154 cm³/mol. The largest absolute Gasteiger partial charge is 0.508 e. The van der Waals surface area contributed by atoms with Gasteiger partial charge in [-0.3, -0.25) is 24.1 Å². The number of rotatable bonds is 6. The molecule has 1 amide bonds. The predicted octanol–water partition coefficient (Wildman–Crippen LogP) is 1.90. The lowest BCUT2D eigenvalue weighted by molar-refractivity contribution is -0.185. The lowest BCUT2D eigenvalue weighted by atomic mass is 9.53. The molecule has 234 valence electrons. The number of methoxy groups -OCH3 is 1. The summed E-state index contributed by atoms with van der Waals surface area (Å²) < 4.78 is 11.3. The van der Waals surface area contributed by atoms with Crippen molar-refractivity contribution in [1.82, 2.24) is 4.90 Å². The zero-order valence-electron chi connectivity index (χ0n) is 25.6. The number of carbonyl (C=O) groups excluding carboxylic acids is 4. The summed E-state index contributed by atoms with van der Waals surface area (Å²) in [4.78, 5) is 54.6. The number of carbonyl (C=O) groups is 4. The Hall–Kier alpha value is -3.74. The number of primary amides is 1. The van der Waals surface area contributed by atoms with Crippen LogP contribution in [0.5, 0.6) is 5.75 Å². The molecule has 0 radical (unpaired) electrons. The number of amides is 1. The van der Waals surface area contributed by atoms with E-state index in [0.29, 0.717) is 16.7 Å². The molecule has 12 heteroatoms. The summed E-state index contributed by atoms with van der Waals surface area (Å²) in [6.07, 6.45) is -1.55. The molecule has 3 aliphatic carbocycles. The number of Topliss-reactive ketones (excluding diaryl/α,β-unsaturated/α-hetero) is 2. The monoisotopic (exact) mass is 600 g/mol. The van der Waals surface area contributed by atoms with Crippen molar-refractivity contribution in [2.24, 2.45) is 17.6 Å². The SMILES string of the molecule is CCC(=O)O[C@@H]1[C@@H]2C(=C(O)c3c(O)c(C(C)(C)C)cc(COC)c3[C@@H]2C)C(=O)[C@@]2(O)C(O)=C(C(N)=O)C(=O)[C@@H](N(C)C)[C@H]12. The van der Waals surface area contributed by atoms with Gasteiger partial charge in [0.05, 0.1) is 24.1 Å². The van der Waals surface area contributed by atoms with Crippen LogP contribution in [-0.2, 0) is 40.7 Å². The van der Waals surface area contributed by atoms with Crippen molar-refractivity contribution in [3.8, 4) is 5.75 Å². The fourth-order valence-corrected chi connectivity index (χ4v) is 7.06. The molecule has 0 unspecified atom stereocenters. The number of ketones is 2. The number of aromatic hydroxyl groups is 1. The average molecular weight is 601 g/mol. The second-order valence-electron chi connectivity index (χ2n) is 12.8. The number of ether oxygens (including phenoxy) is 2. The Balaban J connectivity index is 2.18. The van der Waals surface area contributed by atoms with Gasteiger partial charge in [-0.15, -0.1) is 0 Å². The second kappa shape index (κ2) is 10.8. The number of phenols is 1. The first kappa shape index (κ1) is 32.2. The zero-order valence-corrected chi connectivity index (χ0v) is 25.6. The van der Waals surface area contributed by atoms with E-state index in [4.69, 9.17) is 15.2 Å². The van der Waals surface area contributed by atoms with Crippen molar-refractivity contribution in [1.29, 1.82) is 0 Å². The molecule has 6 atom stereocenters. The topological polar surface area (TPSA) is 197 Å². The minimum absolute atomic E-state index is 0.0520. The number of benzene rings is 1. The Kier molecular flexibility index (Phi) is 8.05. The Morgan fingerprint density at radius 3 is 2.23 bits per heavy atom. The van der Waals surface area contributed by atoms with Crippen LogP contribution in [0.1, 0.15) is 69.2 Å². The highest BCUT2D eigenvalue weighted by Crippen LogP contribution is 2.58. The van der Waals surface area contributed by atoms with Crippen LogP contribution in [-0.4, -0.2) is 87.7 Å². The standard InChI is InChI=1S/C31H40N2O10/c1-9-15(34)43-26-17-12(2)16-13(11-42-8)10-14(30(3,4)5)23(35)18(16)24(36)19(17)27(38)31(41)21(26)22(33(6)7)25(37)20(28(31)39)29(32)40/h10,12,17,21-22,26,35-36,39,41H,9,11H2,1-8H3,(H2,32,40)/t12-,17-,21+,22-,26+,31+/m0/s1. The molecule has 0 aliphatic heterocycles. The molecule has 0 saturated heterocycles. The number of phenolic OH excluding ortho intramolecular Hbond substituents is 1. The van der Waals surface area contributed by atoms with Crippen molar-refractivity contribution in [3.63, 3.8) is 0 Å². The van der Waals surface area contributed by atoms with Gasteiger partial charge in [-0.1, -0.05) is 34.6 Å². The van der Waals surface area contributed by atoms with E-state index in [9.17, 15) is 39.6 Å². The van der Waals surface area contributed by atoms with Crippen molar-refractivity contribution in [3.05, 3.63) is 45.2 Å². The number of hydrogen-bond acceptors (Lipinski definition) is 11. The third kappa shape index (κ3) is 4.54. The van der Waals surface area contributed by atoms with Crippen molar-refractivity contribution < 1.29 is 49.1 Å². The first-order chi connectivity index (χ1) is 19.9. The van der Waals surface area contributed by atoms with Gasteiger partial charge in [-0.25, -0.2) is 0 Å². The van der Waals surface area contributed by atoms with Gasteiger partial charge in [0.25, 0.3) is 5.91 Å². The van der Waals surface area contributed by atoms with E-state index in [0.717, 1.165) is 0 Å². The molecule has 0 heterocycles. The van der Waals surface area contributed by atoms with Crippen LogP contribution in [0.15, 0.2) is 23.0 Å². The average Bonchev–Trinajstić information content (AvgIpc) is 2.90. The van der Waals surface area contributed by atoms with Gasteiger partial charge in [-0.2, -0.15) is 0 Å². The Morgan fingerprint density at radius 1 is 1.14 bits per heavy atom. The maximum Gasteiger partial charge on any atom is 0.305 e. The minimum Gasteiger partial charge on any atom is -0.508 e. The van der Waals surface area contributed by atoms with E-state index < -0.39 is 87.0 Å². The first-order valence-corrected chi connectivity index (χ1v) is 14.1. The number of aliphatic hydroxyl groups excluding tert-OH is 2. The lowest BCUT2D eigenvalue weighted by Gasteiger charge is -2.54. The van der Waals surface area contributed by atoms with E-state index in [1.807, 2.05) is 20.8 Å². The summed E-state index contributed by atoms with van der Waals surface area (Å²) >= 11 is 0. The highest BCUT2D eigenvalue weighted by atomic mass is 16.5. The van der Waals surface area contributed by atoms with E-state index >= 15 is 0 Å². The molecule has 43 heavy (non-hydrogen) atoms. The van der Waals surface area contributed by atoms with Crippen LogP contribution in [0.3, 0.4) is 0 Å². The highest BCUT2D eigenvalue weighted by Gasteiger charge is 2.69. The summed E-state index contributed by atoms with van der Waals surface area (Å²) in [5.74, 6) is -9.96. The lowest BCUT2D eigenvalue weighted by Crippen LogP contribution is -2.71. The maximum atomic E-state index is 14.4. The number of nitrogens with two attached hydrogens (primary N) is 1. The number of esters is 1. The highest BCUT2D eigenvalue weighted by molar-refractivity contribution is 6.24. The fourth-order valence-electron chi connectivity index (χ4n) is 7.06. The number of nitrogens with zero attached hydrogens (tertiary/aromatic N) is 1. The second-order valence-corrected chi connectivity index (χ2v) is 12.8. The third-order valence-corrected chi connectivity index (χ3v) is 8.95. The zero-order chi connectivity index (χ0) is 32.5. The summed E-state index contributed by atoms with van der Waals surface area (Å²) in [6.45, 7) is 8.91. The van der Waals surface area contributed by atoms with Gasteiger partial charge >= 0.3 is 5.97 Å². The number of likely N-dealkylation sites (N-methyl/N-ethyl adjacent to an activating group) is 1. The summed E-state index contributed by atoms with van der Waals surface area (Å²) in [6, 6.07) is 0.329. The smallest absolute Gasteiger partial charge is 0.305 e. The Labute approximate surface area is 249 Å². The molecule has 0 spiro atoms. The van der Waals surface area contributed by atoms with Crippen LogP contribution >= 0.6 is 0 Å². The van der Waals surface area contributed by atoms with Gasteiger partial charge in [0.1, 0.15) is 28.9 Å². The van der Waals surface area contributed by atoms with Crippen LogP contribution in [0, 0.1) is 11.8 Å². The van der Waals surface area contributed by atoms with Gasteiger partial charge in [-0.05, 0) is 42.6 Å². The molecule has 0 aromatic heterocycles. The molecule has 1 saturated carbocycles. The first-order valence-electron chi connectivity index (χ1n) is 14.1. The van der Waals surface area contributed by atoms with Crippen molar-refractivity contribution in [2.45, 2.75) is 76.7 Å². The third-order valence-electron chi connectivity index (χ3n) is 8.95. The molecule has 12 nitrogen and oxygen atoms in total. The quantitative estimate of drug-likeness (QED) is 0.236. The van der Waals surface area contributed by atoms with Gasteiger partial charge < -0.3 is 35.6 Å². The van der Waals surface area contributed by atoms with Crippen LogP contribution in [0.2, 0.25) is 0 Å². The van der Waals surface area contributed by atoms with E-state index in [-0.39, 0.29) is 24.3 Å². The van der Waals surface area contributed by atoms with Gasteiger partial charge in [0.15, 0.2) is 11.4 Å². The molecule has 4 rings (SSSR count). The Bertz CT molecular complexity index is 1480. The molecule has 0 bridgehead atoms. The molecular formula is C31H40N2O10. The summed E-state index contributed by atoms with van der Waals surface area (Å²) in [5.41, 5.74) is 1.91. The van der Waals surface area contributed by atoms with E-state index in [1.165, 1.54) is 33.0 Å². The van der Waals surface area contributed by atoms with Crippen molar-refractivity contribution in [2.75, 3.05) is 21.2 Å². The number of fused-ring (bicyclic) bond motifs is 3. The van der Waals surface area contributed by atoms with Crippen LogP contribution < -0.4 is 5.73 Å². The van der Waals surface area contributed by atoms with Crippen molar-refractivity contribution >= 4 is 29.2 Å².